The van der Waals surface area contributed by atoms with Gasteiger partial charge in [0.1, 0.15) is 0 Å². The van der Waals surface area contributed by atoms with Gasteiger partial charge in [0.2, 0.25) is 0 Å². The molecule has 0 saturated heterocycles. The number of fused-ring (bicyclic) bond motifs is 1. The van der Waals surface area contributed by atoms with Gasteiger partial charge in [0.15, 0.2) is 5.82 Å². The van der Waals surface area contributed by atoms with Gasteiger partial charge >= 0.3 is 0 Å². The minimum atomic E-state index is -0.0340. The third-order valence-electron chi connectivity index (χ3n) is 3.29. The lowest BCUT2D eigenvalue weighted by Crippen LogP contribution is -2.32. The van der Waals surface area contributed by atoms with Crippen molar-refractivity contribution in [1.29, 1.82) is 0 Å². The molecule has 80 valence electrons. The third kappa shape index (κ3) is 1.62. The van der Waals surface area contributed by atoms with Crippen LogP contribution in [0.4, 0.5) is 0 Å². The molecule has 0 saturated carbocycles. The van der Waals surface area contributed by atoms with Crippen LogP contribution in [-0.2, 0) is 0 Å². The third-order valence-corrected chi connectivity index (χ3v) is 3.29. The second-order valence-electron chi connectivity index (χ2n) is 5.24. The quantitative estimate of drug-likeness (QED) is 0.637. The minimum absolute atomic E-state index is 0.0340. The summed E-state index contributed by atoms with van der Waals surface area (Å²) in [5.41, 5.74) is 0.116. The van der Waals surface area contributed by atoms with Gasteiger partial charge in [-0.05, 0) is 11.5 Å². The molecule has 1 aliphatic rings. The monoisotopic (exact) mass is 203 g/mol. The van der Waals surface area contributed by atoms with E-state index in [0.717, 1.165) is 5.82 Å². The molecule has 2 heterocycles. The standard InChI is InChI=1S/C12H17N3/c1-11(2,3)12(4)6-5-10-13-7-8-15(10)14-9-12/h5-9H,1-4H3. The molecule has 1 aromatic rings. The van der Waals surface area contributed by atoms with Gasteiger partial charge < -0.3 is 0 Å². The fraction of sp³-hybridized carbons (Fsp3) is 0.500. The Bertz CT molecular complexity index is 390. The van der Waals surface area contributed by atoms with Crippen LogP contribution in [0.5, 0.6) is 0 Å². The van der Waals surface area contributed by atoms with Gasteiger partial charge in [0, 0.05) is 24.0 Å². The zero-order chi connectivity index (χ0) is 11.1. The Kier molecular flexibility index (Phi) is 2.07. The highest BCUT2D eigenvalue weighted by Crippen LogP contribution is 2.39. The van der Waals surface area contributed by atoms with Crippen molar-refractivity contribution in [3.8, 4) is 0 Å². The Morgan fingerprint density at radius 2 is 2.07 bits per heavy atom. The molecule has 1 aromatic heterocycles. The molecule has 0 radical (unpaired) electrons. The topological polar surface area (TPSA) is 30.2 Å². The van der Waals surface area contributed by atoms with Crippen LogP contribution in [0.3, 0.4) is 0 Å². The number of rotatable bonds is 0. The van der Waals surface area contributed by atoms with Crippen LogP contribution < -0.4 is 0 Å². The largest absolute Gasteiger partial charge is 0.236 e. The summed E-state index contributed by atoms with van der Waals surface area (Å²) in [4.78, 5) is 4.23. The number of hydrogen-bond acceptors (Lipinski definition) is 2. The smallest absolute Gasteiger partial charge is 0.153 e. The maximum absolute atomic E-state index is 4.43. The van der Waals surface area contributed by atoms with E-state index in [0.29, 0.717) is 0 Å². The van der Waals surface area contributed by atoms with E-state index in [-0.39, 0.29) is 10.8 Å². The average molecular weight is 203 g/mol. The molecule has 0 bridgehead atoms. The summed E-state index contributed by atoms with van der Waals surface area (Å²) in [6, 6.07) is 0. The Hall–Kier alpha value is -1.38. The van der Waals surface area contributed by atoms with Crippen LogP contribution in [0.2, 0.25) is 0 Å². The van der Waals surface area contributed by atoms with E-state index >= 15 is 0 Å². The molecular weight excluding hydrogens is 186 g/mol. The van der Waals surface area contributed by atoms with Crippen molar-refractivity contribution in [2.24, 2.45) is 15.9 Å². The first-order valence-corrected chi connectivity index (χ1v) is 5.20. The van der Waals surface area contributed by atoms with Crippen LogP contribution in [0.1, 0.15) is 33.5 Å². The van der Waals surface area contributed by atoms with E-state index in [2.05, 4.69) is 43.9 Å². The normalized spacial score (nSPS) is 25.1. The molecule has 15 heavy (non-hydrogen) atoms. The molecule has 0 fully saturated rings. The molecule has 2 rings (SSSR count). The van der Waals surface area contributed by atoms with Crippen molar-refractivity contribution in [1.82, 2.24) is 9.66 Å². The van der Waals surface area contributed by atoms with E-state index in [1.165, 1.54) is 0 Å². The Balaban J connectivity index is 2.45. The lowest BCUT2D eigenvalue weighted by Gasteiger charge is -2.35. The van der Waals surface area contributed by atoms with Crippen LogP contribution in [0, 0.1) is 10.8 Å². The molecule has 0 amide bonds. The first kappa shape index (κ1) is 10.1. The molecule has 3 heteroatoms. The number of nitrogens with zero attached hydrogens (tertiary/aromatic N) is 3. The molecule has 1 aliphatic heterocycles. The fourth-order valence-corrected chi connectivity index (χ4v) is 1.44. The lowest BCUT2D eigenvalue weighted by molar-refractivity contribution is 0.257. The zero-order valence-corrected chi connectivity index (χ0v) is 9.73. The van der Waals surface area contributed by atoms with Crippen LogP contribution in [0.15, 0.2) is 23.6 Å². The van der Waals surface area contributed by atoms with Crippen molar-refractivity contribution in [3.63, 3.8) is 0 Å². The molecular formula is C12H17N3. The molecule has 0 spiro atoms. The Morgan fingerprint density at radius 1 is 1.33 bits per heavy atom. The van der Waals surface area contributed by atoms with Gasteiger partial charge in [-0.1, -0.05) is 33.8 Å². The molecule has 0 aromatic carbocycles. The van der Waals surface area contributed by atoms with E-state index in [4.69, 9.17) is 0 Å². The number of allylic oxidation sites excluding steroid dienone is 1. The van der Waals surface area contributed by atoms with Crippen molar-refractivity contribution < 1.29 is 0 Å². The maximum atomic E-state index is 4.43. The highest BCUT2D eigenvalue weighted by Gasteiger charge is 2.34. The molecule has 0 aliphatic carbocycles. The van der Waals surface area contributed by atoms with Crippen molar-refractivity contribution >= 4 is 12.3 Å². The number of imidazole rings is 1. The van der Waals surface area contributed by atoms with Crippen LogP contribution in [0.25, 0.3) is 6.08 Å². The zero-order valence-electron chi connectivity index (χ0n) is 9.73. The predicted octanol–water partition coefficient (Wildman–Crippen LogP) is 2.80. The van der Waals surface area contributed by atoms with E-state index in [1.807, 2.05) is 18.5 Å². The van der Waals surface area contributed by atoms with Crippen LogP contribution >= 0.6 is 0 Å². The Labute approximate surface area is 90.5 Å². The summed E-state index contributed by atoms with van der Waals surface area (Å²) in [6.07, 6.45) is 9.85. The van der Waals surface area contributed by atoms with Gasteiger partial charge in [-0.2, -0.15) is 5.10 Å². The summed E-state index contributed by atoms with van der Waals surface area (Å²) < 4.78 is 1.80. The van der Waals surface area contributed by atoms with Crippen LogP contribution in [-0.4, -0.2) is 15.9 Å². The minimum Gasteiger partial charge on any atom is -0.236 e. The first-order chi connectivity index (χ1) is 6.92. The molecule has 3 nitrogen and oxygen atoms in total. The molecule has 0 N–H and O–H groups in total. The average Bonchev–Trinajstić information content (AvgIpc) is 2.51. The first-order valence-electron chi connectivity index (χ1n) is 5.20. The molecule has 1 atom stereocenters. The SMILES string of the molecule is CC(C)(C)C1(C)C=Cc2nccn2N=C1. The number of aromatic nitrogens is 2. The van der Waals surface area contributed by atoms with E-state index in [9.17, 15) is 0 Å². The number of hydrogen-bond donors (Lipinski definition) is 0. The molecule has 1 unspecified atom stereocenters. The predicted molar refractivity (Wildman–Crippen MR) is 62.7 cm³/mol. The lowest BCUT2D eigenvalue weighted by atomic mass is 9.68. The van der Waals surface area contributed by atoms with Gasteiger partial charge in [-0.25, -0.2) is 9.66 Å². The van der Waals surface area contributed by atoms with Crippen molar-refractivity contribution in [3.05, 3.63) is 24.3 Å². The van der Waals surface area contributed by atoms with Gasteiger partial charge in [-0.15, -0.1) is 0 Å². The van der Waals surface area contributed by atoms with Crippen molar-refractivity contribution in [2.75, 3.05) is 0 Å². The summed E-state index contributed by atoms with van der Waals surface area (Å²) >= 11 is 0. The fourth-order valence-electron chi connectivity index (χ4n) is 1.44. The van der Waals surface area contributed by atoms with E-state index < -0.39 is 0 Å². The summed E-state index contributed by atoms with van der Waals surface area (Å²) in [5, 5.41) is 4.43. The second-order valence-corrected chi connectivity index (χ2v) is 5.24. The van der Waals surface area contributed by atoms with Crippen molar-refractivity contribution in [2.45, 2.75) is 27.7 Å². The summed E-state index contributed by atoms with van der Waals surface area (Å²) in [7, 11) is 0. The van der Waals surface area contributed by atoms with Gasteiger partial charge in [0.05, 0.1) is 0 Å². The maximum Gasteiger partial charge on any atom is 0.153 e. The van der Waals surface area contributed by atoms with E-state index in [1.54, 1.807) is 10.9 Å². The highest BCUT2D eigenvalue weighted by molar-refractivity contribution is 5.72. The van der Waals surface area contributed by atoms with Gasteiger partial charge in [-0.3, -0.25) is 0 Å². The highest BCUT2D eigenvalue weighted by atomic mass is 15.4. The second kappa shape index (κ2) is 3.05. The van der Waals surface area contributed by atoms with Gasteiger partial charge in [0.25, 0.3) is 0 Å². The Morgan fingerprint density at radius 3 is 2.73 bits per heavy atom. The summed E-state index contributed by atoms with van der Waals surface area (Å²) in [5.74, 6) is 0.888. The summed E-state index contributed by atoms with van der Waals surface area (Å²) in [6.45, 7) is 8.85.